The summed E-state index contributed by atoms with van der Waals surface area (Å²) in [5, 5.41) is 13.6. The number of amides is 2. The van der Waals surface area contributed by atoms with E-state index in [-0.39, 0.29) is 24.8 Å². The number of carboxylic acids is 1. The molecule has 1 aromatic rings. The molecule has 1 aromatic carbocycles. The number of rotatable bonds is 6. The molecule has 2 amide bonds. The molecule has 19 heavy (non-hydrogen) atoms. The van der Waals surface area contributed by atoms with Crippen LogP contribution < -0.4 is 10.6 Å². The van der Waals surface area contributed by atoms with Gasteiger partial charge in [-0.1, -0.05) is 12.1 Å². The molecule has 6 heteroatoms. The maximum absolute atomic E-state index is 11.4. The van der Waals surface area contributed by atoms with Gasteiger partial charge in [-0.2, -0.15) is 0 Å². The first-order valence-corrected chi connectivity index (χ1v) is 5.82. The standard InChI is InChI=1S/C13H16N2O4/c1-9(16)14-8-12(17)15-11-5-2-10(3-6-11)4-7-13(18)19/h2-3,5-6H,4,7-8H2,1H3,(H,14,16)(H,15,17)(H,18,19). The lowest BCUT2D eigenvalue weighted by molar-refractivity contribution is -0.137. The third kappa shape index (κ3) is 6.21. The lowest BCUT2D eigenvalue weighted by Gasteiger charge is -2.06. The van der Waals surface area contributed by atoms with Gasteiger partial charge in [-0.05, 0) is 24.1 Å². The van der Waals surface area contributed by atoms with Crippen LogP contribution in [0.1, 0.15) is 18.9 Å². The number of carbonyl (C=O) groups is 3. The zero-order valence-electron chi connectivity index (χ0n) is 10.6. The average molecular weight is 264 g/mol. The van der Waals surface area contributed by atoms with Crippen LogP contribution in [0.4, 0.5) is 5.69 Å². The van der Waals surface area contributed by atoms with Gasteiger partial charge in [-0.3, -0.25) is 14.4 Å². The Labute approximate surface area is 110 Å². The van der Waals surface area contributed by atoms with Crippen molar-refractivity contribution >= 4 is 23.5 Å². The first-order chi connectivity index (χ1) is 8.97. The average Bonchev–Trinajstić information content (AvgIpc) is 2.35. The number of hydrogen-bond acceptors (Lipinski definition) is 3. The molecule has 0 heterocycles. The van der Waals surface area contributed by atoms with E-state index in [1.807, 2.05) is 0 Å². The highest BCUT2D eigenvalue weighted by Crippen LogP contribution is 2.10. The van der Waals surface area contributed by atoms with Gasteiger partial charge in [0.05, 0.1) is 6.54 Å². The molecule has 0 aliphatic carbocycles. The van der Waals surface area contributed by atoms with E-state index in [9.17, 15) is 14.4 Å². The third-order valence-electron chi connectivity index (χ3n) is 2.36. The quantitative estimate of drug-likeness (QED) is 0.707. The summed E-state index contributed by atoms with van der Waals surface area (Å²) in [6.45, 7) is 1.26. The summed E-state index contributed by atoms with van der Waals surface area (Å²) in [6, 6.07) is 6.92. The molecule has 0 spiro atoms. The zero-order chi connectivity index (χ0) is 14.3. The molecular weight excluding hydrogens is 248 g/mol. The van der Waals surface area contributed by atoms with E-state index in [0.29, 0.717) is 12.1 Å². The van der Waals surface area contributed by atoms with Crippen LogP contribution in [0.25, 0.3) is 0 Å². The summed E-state index contributed by atoms with van der Waals surface area (Å²) >= 11 is 0. The van der Waals surface area contributed by atoms with Crippen molar-refractivity contribution in [3.05, 3.63) is 29.8 Å². The minimum atomic E-state index is -0.840. The maximum atomic E-state index is 11.4. The van der Waals surface area contributed by atoms with Gasteiger partial charge < -0.3 is 15.7 Å². The van der Waals surface area contributed by atoms with Gasteiger partial charge in [0, 0.05) is 19.0 Å². The second-order valence-corrected chi connectivity index (χ2v) is 4.05. The molecule has 0 radical (unpaired) electrons. The van der Waals surface area contributed by atoms with Gasteiger partial charge in [0.25, 0.3) is 0 Å². The van der Waals surface area contributed by atoms with Crippen molar-refractivity contribution in [2.24, 2.45) is 0 Å². The Bertz CT molecular complexity index is 468. The molecule has 0 saturated heterocycles. The van der Waals surface area contributed by atoms with Crippen LogP contribution in [0.3, 0.4) is 0 Å². The smallest absolute Gasteiger partial charge is 0.303 e. The van der Waals surface area contributed by atoms with E-state index in [0.717, 1.165) is 5.56 Å². The molecule has 0 bridgehead atoms. The zero-order valence-corrected chi connectivity index (χ0v) is 10.6. The monoisotopic (exact) mass is 264 g/mol. The fourth-order valence-corrected chi connectivity index (χ4v) is 1.42. The Morgan fingerprint density at radius 3 is 2.32 bits per heavy atom. The predicted octanol–water partition coefficient (Wildman–Crippen LogP) is 0.778. The summed E-state index contributed by atoms with van der Waals surface area (Å²) in [5.74, 6) is -1.42. The first kappa shape index (κ1) is 14.7. The Morgan fingerprint density at radius 1 is 1.16 bits per heavy atom. The van der Waals surface area contributed by atoms with Gasteiger partial charge in [0.1, 0.15) is 0 Å². The van der Waals surface area contributed by atoms with Crippen molar-refractivity contribution in [3.8, 4) is 0 Å². The van der Waals surface area contributed by atoms with Crippen LogP contribution in [0.2, 0.25) is 0 Å². The molecule has 0 aliphatic heterocycles. The molecular formula is C13H16N2O4. The van der Waals surface area contributed by atoms with Crippen LogP contribution in [0.15, 0.2) is 24.3 Å². The molecule has 102 valence electrons. The number of benzene rings is 1. The van der Waals surface area contributed by atoms with Crippen LogP contribution in [-0.2, 0) is 20.8 Å². The molecule has 0 aliphatic rings. The summed E-state index contributed by atoms with van der Waals surface area (Å²) in [4.78, 5) is 32.5. The predicted molar refractivity (Wildman–Crippen MR) is 69.7 cm³/mol. The van der Waals surface area contributed by atoms with E-state index < -0.39 is 5.97 Å². The minimum Gasteiger partial charge on any atom is -0.481 e. The van der Waals surface area contributed by atoms with E-state index >= 15 is 0 Å². The number of hydrogen-bond donors (Lipinski definition) is 3. The number of anilines is 1. The molecule has 0 unspecified atom stereocenters. The lowest BCUT2D eigenvalue weighted by atomic mass is 10.1. The van der Waals surface area contributed by atoms with Gasteiger partial charge in [-0.25, -0.2) is 0 Å². The summed E-state index contributed by atoms with van der Waals surface area (Å²) in [6.07, 6.45) is 0.531. The maximum Gasteiger partial charge on any atom is 0.303 e. The highest BCUT2D eigenvalue weighted by Gasteiger charge is 2.03. The van der Waals surface area contributed by atoms with Gasteiger partial charge >= 0.3 is 5.97 Å². The molecule has 1 rings (SSSR count). The molecule has 0 aromatic heterocycles. The third-order valence-corrected chi connectivity index (χ3v) is 2.36. The number of aryl methyl sites for hydroxylation is 1. The van der Waals surface area contributed by atoms with Gasteiger partial charge in [0.2, 0.25) is 11.8 Å². The normalized spacial score (nSPS) is 9.74. The van der Waals surface area contributed by atoms with Crippen LogP contribution >= 0.6 is 0 Å². The van der Waals surface area contributed by atoms with E-state index in [4.69, 9.17) is 5.11 Å². The Morgan fingerprint density at radius 2 is 1.79 bits per heavy atom. The highest BCUT2D eigenvalue weighted by atomic mass is 16.4. The number of carbonyl (C=O) groups excluding carboxylic acids is 2. The van der Waals surface area contributed by atoms with Crippen molar-refractivity contribution in [1.82, 2.24) is 5.32 Å². The number of carboxylic acid groups (broad SMARTS) is 1. The van der Waals surface area contributed by atoms with Crippen molar-refractivity contribution < 1.29 is 19.5 Å². The largest absolute Gasteiger partial charge is 0.481 e. The van der Waals surface area contributed by atoms with Crippen molar-refractivity contribution in [2.45, 2.75) is 19.8 Å². The van der Waals surface area contributed by atoms with Crippen molar-refractivity contribution in [2.75, 3.05) is 11.9 Å². The fraction of sp³-hybridized carbons (Fsp3) is 0.308. The molecule has 0 atom stereocenters. The number of aliphatic carboxylic acids is 1. The Hall–Kier alpha value is -2.37. The van der Waals surface area contributed by atoms with Crippen LogP contribution in [0.5, 0.6) is 0 Å². The summed E-state index contributed by atoms with van der Waals surface area (Å²) in [5.41, 5.74) is 1.50. The first-order valence-electron chi connectivity index (χ1n) is 5.82. The SMILES string of the molecule is CC(=O)NCC(=O)Nc1ccc(CCC(=O)O)cc1. The molecule has 3 N–H and O–H groups in total. The highest BCUT2D eigenvalue weighted by molar-refractivity contribution is 5.94. The second kappa shape index (κ2) is 7.15. The molecule has 0 saturated carbocycles. The topological polar surface area (TPSA) is 95.5 Å². The Balaban J connectivity index is 2.45. The van der Waals surface area contributed by atoms with E-state index in [1.165, 1.54) is 6.92 Å². The second-order valence-electron chi connectivity index (χ2n) is 4.05. The lowest BCUT2D eigenvalue weighted by Crippen LogP contribution is -2.31. The van der Waals surface area contributed by atoms with Crippen molar-refractivity contribution in [1.29, 1.82) is 0 Å². The molecule has 6 nitrogen and oxygen atoms in total. The Kier molecular flexibility index (Phi) is 5.53. The van der Waals surface area contributed by atoms with Gasteiger partial charge in [-0.15, -0.1) is 0 Å². The minimum absolute atomic E-state index is 0.0733. The van der Waals surface area contributed by atoms with Crippen LogP contribution in [-0.4, -0.2) is 29.4 Å². The van der Waals surface area contributed by atoms with Crippen LogP contribution in [0, 0.1) is 0 Å². The van der Waals surface area contributed by atoms with Gasteiger partial charge in [0.15, 0.2) is 0 Å². The summed E-state index contributed by atoms with van der Waals surface area (Å²) < 4.78 is 0. The van der Waals surface area contributed by atoms with E-state index in [2.05, 4.69) is 10.6 Å². The fourth-order valence-electron chi connectivity index (χ4n) is 1.42. The van der Waals surface area contributed by atoms with E-state index in [1.54, 1.807) is 24.3 Å². The number of nitrogens with one attached hydrogen (secondary N) is 2. The van der Waals surface area contributed by atoms with Crippen molar-refractivity contribution in [3.63, 3.8) is 0 Å². The molecule has 0 fully saturated rings. The summed E-state index contributed by atoms with van der Waals surface area (Å²) in [7, 11) is 0.